The second-order valence-electron chi connectivity index (χ2n) is 6.63. The van der Waals surface area contributed by atoms with E-state index in [1.807, 2.05) is 4.90 Å². The quantitative estimate of drug-likeness (QED) is 0.749. The molecule has 1 rings (SSSR count). The highest BCUT2D eigenvalue weighted by Gasteiger charge is 2.23. The lowest BCUT2D eigenvalue weighted by Gasteiger charge is -2.34. The van der Waals surface area contributed by atoms with Crippen LogP contribution in [-0.2, 0) is 0 Å². The van der Waals surface area contributed by atoms with Crippen molar-refractivity contribution in [3.8, 4) is 0 Å². The van der Waals surface area contributed by atoms with Gasteiger partial charge in [0, 0.05) is 26.2 Å². The third kappa shape index (κ3) is 5.28. The molecule has 0 aromatic heterocycles. The summed E-state index contributed by atoms with van der Waals surface area (Å²) in [5, 5.41) is 0. The predicted molar refractivity (Wildman–Crippen MR) is 76.8 cm³/mol. The summed E-state index contributed by atoms with van der Waals surface area (Å²) in [6.45, 7) is 12.6. The Morgan fingerprint density at radius 3 is 2.22 bits per heavy atom. The van der Waals surface area contributed by atoms with E-state index < -0.39 is 0 Å². The van der Waals surface area contributed by atoms with Gasteiger partial charge in [-0.25, -0.2) is 4.79 Å². The van der Waals surface area contributed by atoms with E-state index >= 15 is 0 Å². The molecule has 0 bridgehead atoms. The summed E-state index contributed by atoms with van der Waals surface area (Å²) in [4.78, 5) is 16.6. The van der Waals surface area contributed by atoms with Crippen LogP contribution in [0, 0.1) is 5.41 Å². The monoisotopic (exact) mass is 254 g/mol. The molecule has 1 heterocycles. The Kier molecular flexibility index (Phi) is 5.97. The van der Waals surface area contributed by atoms with Crippen LogP contribution in [0.1, 0.15) is 59.8 Å². The largest absolute Gasteiger partial charge is 0.325 e. The number of hydrogen-bond donors (Lipinski definition) is 0. The second-order valence-corrected chi connectivity index (χ2v) is 6.63. The molecule has 1 fully saturated rings. The predicted octanol–water partition coefficient (Wildman–Crippen LogP) is 3.74. The number of nitrogens with zero attached hydrogens (tertiary/aromatic N) is 2. The molecule has 2 amide bonds. The minimum Gasteiger partial charge on any atom is -0.325 e. The molecule has 0 atom stereocenters. The molecule has 0 radical (unpaired) electrons. The number of amides is 2. The zero-order valence-electron chi connectivity index (χ0n) is 12.7. The highest BCUT2D eigenvalue weighted by atomic mass is 16.2. The maximum Gasteiger partial charge on any atom is 0.319 e. The van der Waals surface area contributed by atoms with Crippen LogP contribution < -0.4 is 0 Å². The normalized spacial score (nSPS) is 16.8. The first kappa shape index (κ1) is 15.3. The topological polar surface area (TPSA) is 23.6 Å². The third-order valence-electron chi connectivity index (χ3n) is 3.52. The molecule has 1 saturated heterocycles. The summed E-state index contributed by atoms with van der Waals surface area (Å²) in [7, 11) is 0. The second kappa shape index (κ2) is 7.01. The Morgan fingerprint density at radius 2 is 1.72 bits per heavy atom. The van der Waals surface area contributed by atoms with Gasteiger partial charge in [0.2, 0.25) is 0 Å². The molecule has 106 valence electrons. The van der Waals surface area contributed by atoms with Crippen molar-refractivity contribution >= 4 is 6.03 Å². The van der Waals surface area contributed by atoms with Crippen LogP contribution in [0.2, 0.25) is 0 Å². The average molecular weight is 254 g/mol. The van der Waals surface area contributed by atoms with Crippen LogP contribution in [0.3, 0.4) is 0 Å². The van der Waals surface area contributed by atoms with Crippen LogP contribution in [-0.4, -0.2) is 42.0 Å². The van der Waals surface area contributed by atoms with E-state index in [4.69, 9.17) is 0 Å². The zero-order chi connectivity index (χ0) is 13.6. The molecule has 3 nitrogen and oxygen atoms in total. The number of carbonyl (C=O) groups excluding carboxylic acids is 1. The van der Waals surface area contributed by atoms with Gasteiger partial charge in [-0.3, -0.25) is 0 Å². The summed E-state index contributed by atoms with van der Waals surface area (Å²) < 4.78 is 0. The molecular weight excluding hydrogens is 224 g/mol. The van der Waals surface area contributed by atoms with Gasteiger partial charge in [0.05, 0.1) is 0 Å². The van der Waals surface area contributed by atoms with E-state index in [9.17, 15) is 4.79 Å². The van der Waals surface area contributed by atoms with E-state index in [1.54, 1.807) is 0 Å². The van der Waals surface area contributed by atoms with Crippen molar-refractivity contribution in [3.63, 3.8) is 0 Å². The molecule has 0 aromatic carbocycles. The van der Waals surface area contributed by atoms with Crippen molar-refractivity contribution in [2.24, 2.45) is 5.41 Å². The number of hydrogen-bond acceptors (Lipinski definition) is 1. The third-order valence-corrected chi connectivity index (χ3v) is 3.52. The molecular formula is C15H30N2O. The molecule has 0 unspecified atom stereocenters. The van der Waals surface area contributed by atoms with E-state index in [0.29, 0.717) is 5.41 Å². The number of urea groups is 1. The Balaban J connectivity index is 2.51. The van der Waals surface area contributed by atoms with Crippen molar-refractivity contribution in [1.29, 1.82) is 0 Å². The Morgan fingerprint density at radius 1 is 1.11 bits per heavy atom. The fourth-order valence-corrected chi connectivity index (χ4v) is 2.33. The highest BCUT2D eigenvalue weighted by molar-refractivity contribution is 5.74. The fourth-order valence-electron chi connectivity index (χ4n) is 2.33. The number of carbonyl (C=O) groups is 1. The number of rotatable bonds is 4. The van der Waals surface area contributed by atoms with Crippen LogP contribution in [0.25, 0.3) is 0 Å². The number of likely N-dealkylation sites (tertiary alicyclic amines) is 1. The van der Waals surface area contributed by atoms with Crippen molar-refractivity contribution in [2.45, 2.75) is 59.8 Å². The summed E-state index contributed by atoms with van der Waals surface area (Å²) >= 11 is 0. The average Bonchev–Trinajstić information content (AvgIpc) is 2.33. The summed E-state index contributed by atoms with van der Waals surface area (Å²) in [6.07, 6.45) is 5.74. The lowest BCUT2D eigenvalue weighted by molar-refractivity contribution is 0.137. The van der Waals surface area contributed by atoms with Crippen molar-refractivity contribution in [2.75, 3.05) is 26.2 Å². The van der Waals surface area contributed by atoms with Gasteiger partial charge in [-0.05, 0) is 37.5 Å². The lowest BCUT2D eigenvalue weighted by atomic mass is 9.92. The molecule has 18 heavy (non-hydrogen) atoms. The van der Waals surface area contributed by atoms with Gasteiger partial charge in [0.1, 0.15) is 0 Å². The van der Waals surface area contributed by atoms with E-state index in [-0.39, 0.29) is 6.03 Å². The van der Waals surface area contributed by atoms with Gasteiger partial charge in [-0.1, -0.05) is 27.7 Å². The molecule has 1 aliphatic heterocycles. The molecule has 0 aromatic rings. The Labute approximate surface area is 113 Å². The molecule has 0 N–H and O–H groups in total. The van der Waals surface area contributed by atoms with Gasteiger partial charge >= 0.3 is 6.03 Å². The molecule has 0 spiro atoms. The minimum atomic E-state index is 0.265. The SMILES string of the molecule is CCCN(CCC(C)(C)C)C(=O)N1CCCCC1. The maximum absolute atomic E-state index is 12.5. The molecule has 3 heteroatoms. The maximum atomic E-state index is 12.5. The fraction of sp³-hybridized carbons (Fsp3) is 0.933. The minimum absolute atomic E-state index is 0.265. The first-order chi connectivity index (χ1) is 8.44. The van der Waals surface area contributed by atoms with Crippen LogP contribution >= 0.6 is 0 Å². The van der Waals surface area contributed by atoms with Crippen molar-refractivity contribution in [1.82, 2.24) is 9.80 Å². The summed E-state index contributed by atoms with van der Waals surface area (Å²) in [5.74, 6) is 0. The van der Waals surface area contributed by atoms with Crippen molar-refractivity contribution < 1.29 is 4.79 Å². The van der Waals surface area contributed by atoms with Gasteiger partial charge in [0.15, 0.2) is 0 Å². The van der Waals surface area contributed by atoms with Crippen LogP contribution in [0.5, 0.6) is 0 Å². The Hall–Kier alpha value is -0.730. The van der Waals surface area contributed by atoms with Crippen molar-refractivity contribution in [3.05, 3.63) is 0 Å². The lowest BCUT2D eigenvalue weighted by Crippen LogP contribution is -2.46. The van der Waals surface area contributed by atoms with E-state index in [2.05, 4.69) is 32.6 Å². The first-order valence-electron chi connectivity index (χ1n) is 7.48. The first-order valence-corrected chi connectivity index (χ1v) is 7.48. The Bertz CT molecular complexity index is 252. The van der Waals surface area contributed by atoms with Gasteiger partial charge in [-0.2, -0.15) is 0 Å². The number of piperidine rings is 1. The van der Waals surface area contributed by atoms with Gasteiger partial charge in [-0.15, -0.1) is 0 Å². The van der Waals surface area contributed by atoms with Crippen LogP contribution in [0.15, 0.2) is 0 Å². The van der Waals surface area contributed by atoms with Gasteiger partial charge < -0.3 is 9.80 Å². The van der Waals surface area contributed by atoms with E-state index in [0.717, 1.165) is 39.0 Å². The smallest absolute Gasteiger partial charge is 0.319 e. The van der Waals surface area contributed by atoms with E-state index in [1.165, 1.54) is 19.3 Å². The van der Waals surface area contributed by atoms with Crippen LogP contribution in [0.4, 0.5) is 4.79 Å². The zero-order valence-corrected chi connectivity index (χ0v) is 12.7. The highest BCUT2D eigenvalue weighted by Crippen LogP contribution is 2.20. The molecule has 0 saturated carbocycles. The molecule has 1 aliphatic rings. The standard InChI is InChI=1S/C15H30N2O/c1-5-10-16(13-9-15(2,3)4)14(18)17-11-7-6-8-12-17/h5-13H2,1-4H3. The van der Waals surface area contributed by atoms with Gasteiger partial charge in [0.25, 0.3) is 0 Å². The summed E-state index contributed by atoms with van der Waals surface area (Å²) in [6, 6.07) is 0.265. The summed E-state index contributed by atoms with van der Waals surface area (Å²) in [5.41, 5.74) is 0.300. The molecule has 0 aliphatic carbocycles.